The zero-order valence-corrected chi connectivity index (χ0v) is 13.7. The van der Waals surface area contributed by atoms with Crippen molar-refractivity contribution in [3.8, 4) is 6.07 Å². The third kappa shape index (κ3) is 2.45. The number of hydrogen-bond donors (Lipinski definition) is 0. The van der Waals surface area contributed by atoms with Crippen molar-refractivity contribution < 1.29 is 14.4 Å². The molecule has 3 saturated heterocycles. The van der Waals surface area contributed by atoms with E-state index in [4.69, 9.17) is 5.26 Å². The molecule has 25 heavy (non-hydrogen) atoms. The van der Waals surface area contributed by atoms with Crippen LogP contribution in [0, 0.1) is 11.3 Å². The van der Waals surface area contributed by atoms with Gasteiger partial charge in [0.2, 0.25) is 5.91 Å². The van der Waals surface area contributed by atoms with Crippen molar-refractivity contribution in [1.82, 2.24) is 14.7 Å². The van der Waals surface area contributed by atoms with E-state index in [1.807, 2.05) is 12.1 Å². The predicted molar refractivity (Wildman–Crippen MR) is 86.9 cm³/mol. The first-order chi connectivity index (χ1) is 12.1. The second-order valence-corrected chi connectivity index (χ2v) is 6.72. The topological polar surface area (TPSA) is 84.7 Å². The summed E-state index contributed by atoms with van der Waals surface area (Å²) in [5.41, 5.74) is 1.50. The zero-order chi connectivity index (χ0) is 17.6. The molecule has 1 aromatic carbocycles. The van der Waals surface area contributed by atoms with Crippen LogP contribution >= 0.6 is 0 Å². The summed E-state index contributed by atoms with van der Waals surface area (Å²) in [6.45, 7) is 1.54. The maximum absolute atomic E-state index is 12.7. The maximum Gasteiger partial charge on any atom is 0.328 e. The number of imide groups is 1. The second kappa shape index (κ2) is 5.88. The summed E-state index contributed by atoms with van der Waals surface area (Å²) in [7, 11) is 0. The number of benzene rings is 1. The molecule has 0 N–H and O–H groups in total. The summed E-state index contributed by atoms with van der Waals surface area (Å²) in [6.07, 6.45) is 2.02. The Balaban J connectivity index is 1.47. The number of carbonyl (C=O) groups excluding carboxylic acids is 3. The molecule has 0 spiro atoms. The fraction of sp³-hybridized carbons (Fsp3) is 0.444. The van der Waals surface area contributed by atoms with Gasteiger partial charge in [-0.1, -0.05) is 12.1 Å². The van der Waals surface area contributed by atoms with Gasteiger partial charge in [-0.05, 0) is 37.0 Å². The highest BCUT2D eigenvalue weighted by Crippen LogP contribution is 2.31. The first kappa shape index (κ1) is 15.6. The first-order valence-electron chi connectivity index (χ1n) is 8.51. The van der Waals surface area contributed by atoms with Crippen molar-refractivity contribution in [2.45, 2.75) is 37.9 Å². The van der Waals surface area contributed by atoms with Crippen LogP contribution in [-0.4, -0.2) is 57.7 Å². The number of fused-ring (bicyclic) bond motifs is 1. The lowest BCUT2D eigenvalue weighted by atomic mass is 10.1. The van der Waals surface area contributed by atoms with E-state index in [0.29, 0.717) is 38.0 Å². The number of hydrogen-bond acceptors (Lipinski definition) is 4. The van der Waals surface area contributed by atoms with Gasteiger partial charge in [-0.2, -0.15) is 5.26 Å². The number of nitrogens with zero attached hydrogens (tertiary/aromatic N) is 4. The van der Waals surface area contributed by atoms with Crippen LogP contribution in [0.15, 0.2) is 24.3 Å². The molecule has 1 unspecified atom stereocenters. The van der Waals surface area contributed by atoms with E-state index in [1.54, 1.807) is 21.9 Å². The van der Waals surface area contributed by atoms with Gasteiger partial charge in [0.1, 0.15) is 12.1 Å². The standard InChI is InChI=1S/C18H18N4O3/c19-10-12-3-5-13(6-4-12)11-20-9-7-15(16(20)23)22-17(24)14-2-1-8-21(14)18(22)25/h3-6,14-15H,1-2,7-9,11H2/t14-,15?/m1/s1. The number of likely N-dealkylation sites (tertiary alicyclic amines) is 1. The van der Waals surface area contributed by atoms with E-state index in [0.717, 1.165) is 12.0 Å². The zero-order valence-electron chi connectivity index (χ0n) is 13.7. The van der Waals surface area contributed by atoms with Gasteiger partial charge in [0.15, 0.2) is 0 Å². The minimum absolute atomic E-state index is 0.174. The average Bonchev–Trinajstić information content (AvgIpc) is 3.29. The Kier molecular flexibility index (Phi) is 3.68. The van der Waals surface area contributed by atoms with Gasteiger partial charge in [0, 0.05) is 19.6 Å². The van der Waals surface area contributed by atoms with E-state index in [-0.39, 0.29) is 23.9 Å². The molecule has 0 aliphatic carbocycles. The quantitative estimate of drug-likeness (QED) is 0.772. The Labute approximate surface area is 145 Å². The lowest BCUT2D eigenvalue weighted by molar-refractivity contribution is -0.138. The van der Waals surface area contributed by atoms with Crippen molar-refractivity contribution in [3.63, 3.8) is 0 Å². The van der Waals surface area contributed by atoms with E-state index in [2.05, 4.69) is 6.07 Å². The first-order valence-corrected chi connectivity index (χ1v) is 8.51. The van der Waals surface area contributed by atoms with Crippen molar-refractivity contribution in [2.75, 3.05) is 13.1 Å². The molecule has 0 saturated carbocycles. The molecule has 1 aromatic rings. The molecule has 128 valence electrons. The Morgan fingerprint density at radius 2 is 1.76 bits per heavy atom. The summed E-state index contributed by atoms with van der Waals surface area (Å²) in [5, 5.41) is 8.84. The van der Waals surface area contributed by atoms with Crippen LogP contribution in [-0.2, 0) is 16.1 Å². The number of amides is 4. The van der Waals surface area contributed by atoms with E-state index < -0.39 is 6.04 Å². The van der Waals surface area contributed by atoms with Crippen molar-refractivity contribution in [2.24, 2.45) is 0 Å². The predicted octanol–water partition coefficient (Wildman–Crippen LogP) is 1.09. The Morgan fingerprint density at radius 1 is 1.00 bits per heavy atom. The summed E-state index contributed by atoms with van der Waals surface area (Å²) in [6, 6.07) is 7.78. The van der Waals surface area contributed by atoms with Crippen LogP contribution in [0.5, 0.6) is 0 Å². The third-order valence-corrected chi connectivity index (χ3v) is 5.26. The molecule has 3 fully saturated rings. The van der Waals surface area contributed by atoms with Gasteiger partial charge in [-0.25, -0.2) is 9.69 Å². The van der Waals surface area contributed by atoms with Gasteiger partial charge in [-0.3, -0.25) is 9.59 Å². The average molecular weight is 338 g/mol. The molecule has 0 aromatic heterocycles. The van der Waals surface area contributed by atoms with Crippen LogP contribution in [0.4, 0.5) is 4.79 Å². The third-order valence-electron chi connectivity index (χ3n) is 5.26. The van der Waals surface area contributed by atoms with Crippen LogP contribution in [0.2, 0.25) is 0 Å². The SMILES string of the molecule is N#Cc1ccc(CN2CCC(N3C(=O)[C@H]4CCCN4C3=O)C2=O)cc1. The van der Waals surface area contributed by atoms with Gasteiger partial charge in [0.05, 0.1) is 11.6 Å². The monoisotopic (exact) mass is 338 g/mol. The molecule has 0 bridgehead atoms. The Morgan fingerprint density at radius 3 is 2.44 bits per heavy atom. The summed E-state index contributed by atoms with van der Waals surface area (Å²) < 4.78 is 0. The van der Waals surface area contributed by atoms with Crippen LogP contribution in [0.3, 0.4) is 0 Å². The number of rotatable bonds is 3. The molecule has 3 heterocycles. The molecule has 0 radical (unpaired) electrons. The fourth-order valence-corrected chi connectivity index (χ4v) is 3.96. The van der Waals surface area contributed by atoms with Crippen LogP contribution in [0.1, 0.15) is 30.4 Å². The van der Waals surface area contributed by atoms with Gasteiger partial charge in [0.25, 0.3) is 5.91 Å². The van der Waals surface area contributed by atoms with Crippen LogP contribution in [0.25, 0.3) is 0 Å². The minimum Gasteiger partial charge on any atom is -0.336 e. The number of nitriles is 1. The minimum atomic E-state index is -0.677. The smallest absolute Gasteiger partial charge is 0.328 e. The Bertz CT molecular complexity index is 761. The molecule has 7 nitrogen and oxygen atoms in total. The normalized spacial score (nSPS) is 25.7. The van der Waals surface area contributed by atoms with Crippen molar-refractivity contribution in [3.05, 3.63) is 35.4 Å². The molecule has 2 atom stereocenters. The highest BCUT2D eigenvalue weighted by molar-refractivity contribution is 6.08. The highest BCUT2D eigenvalue weighted by Gasteiger charge is 2.53. The van der Waals surface area contributed by atoms with Gasteiger partial charge >= 0.3 is 6.03 Å². The molecule has 3 aliphatic rings. The van der Waals surface area contributed by atoms with E-state index in [9.17, 15) is 14.4 Å². The van der Waals surface area contributed by atoms with E-state index in [1.165, 1.54) is 4.90 Å². The maximum atomic E-state index is 12.7. The Hall–Kier alpha value is -2.88. The van der Waals surface area contributed by atoms with Gasteiger partial charge < -0.3 is 9.80 Å². The largest absolute Gasteiger partial charge is 0.336 e. The number of urea groups is 1. The fourth-order valence-electron chi connectivity index (χ4n) is 3.96. The second-order valence-electron chi connectivity index (χ2n) is 6.72. The molecular formula is C18H18N4O3. The summed E-state index contributed by atoms with van der Waals surface area (Å²) in [5.74, 6) is -0.395. The lowest BCUT2D eigenvalue weighted by Gasteiger charge is -2.22. The highest BCUT2D eigenvalue weighted by atomic mass is 16.2. The summed E-state index contributed by atoms with van der Waals surface area (Å²) in [4.78, 5) is 42.2. The lowest BCUT2D eigenvalue weighted by Crippen LogP contribution is -2.46. The van der Waals surface area contributed by atoms with Crippen molar-refractivity contribution in [1.29, 1.82) is 5.26 Å². The number of carbonyl (C=O) groups is 3. The van der Waals surface area contributed by atoms with Gasteiger partial charge in [-0.15, -0.1) is 0 Å². The molecular weight excluding hydrogens is 320 g/mol. The van der Waals surface area contributed by atoms with E-state index >= 15 is 0 Å². The molecule has 4 rings (SSSR count). The summed E-state index contributed by atoms with van der Waals surface area (Å²) >= 11 is 0. The molecule has 7 heteroatoms. The van der Waals surface area contributed by atoms with Crippen LogP contribution < -0.4 is 0 Å². The molecule has 3 aliphatic heterocycles. The molecule has 4 amide bonds. The van der Waals surface area contributed by atoms with Crippen molar-refractivity contribution >= 4 is 17.8 Å².